The molecule has 92 valence electrons. The summed E-state index contributed by atoms with van der Waals surface area (Å²) in [6.45, 7) is 1.59. The van der Waals surface area contributed by atoms with Crippen molar-refractivity contribution in [1.82, 2.24) is 0 Å². The van der Waals surface area contributed by atoms with Gasteiger partial charge in [0.25, 0.3) is 10.3 Å². The fourth-order valence-electron chi connectivity index (χ4n) is 1.11. The van der Waals surface area contributed by atoms with Gasteiger partial charge in [0.15, 0.2) is 0 Å². The van der Waals surface area contributed by atoms with Crippen LogP contribution in [0.25, 0.3) is 0 Å². The third-order valence-corrected chi connectivity index (χ3v) is 2.65. The van der Waals surface area contributed by atoms with Crippen LogP contribution in [0, 0.1) is 0 Å². The van der Waals surface area contributed by atoms with Gasteiger partial charge >= 0.3 is 5.97 Å². The number of aromatic hydroxyl groups is 1. The largest absolute Gasteiger partial charge is 0.507 e. The number of carboxylic acids is 1. The van der Waals surface area contributed by atoms with Gasteiger partial charge in [0.1, 0.15) is 17.1 Å². The summed E-state index contributed by atoms with van der Waals surface area (Å²) in [5, 5.41) is 17.8. The zero-order valence-corrected chi connectivity index (χ0v) is 9.69. The predicted octanol–water partition coefficient (Wildman–Crippen LogP) is 0.888. The van der Waals surface area contributed by atoms with Crippen LogP contribution in [0.15, 0.2) is 18.2 Å². The molecule has 1 aromatic carbocycles. The highest BCUT2D eigenvalue weighted by atomic mass is 32.2. The van der Waals surface area contributed by atoms with Crippen LogP contribution in [-0.4, -0.2) is 29.7 Å². The summed E-state index contributed by atoms with van der Waals surface area (Å²) in [5.74, 6) is -1.70. The molecule has 0 bridgehead atoms. The van der Waals surface area contributed by atoms with E-state index in [1.807, 2.05) is 0 Å². The molecule has 0 spiro atoms. The molecule has 0 radical (unpaired) electrons. The van der Waals surface area contributed by atoms with Crippen molar-refractivity contribution < 1.29 is 28.2 Å². The molecule has 2 N–H and O–H groups in total. The maximum atomic E-state index is 10.7. The molecule has 0 heterocycles. The molecule has 0 aliphatic carbocycles. The SMILES string of the molecule is CCC(Oc1ccc(C(=O)O)c(O)c1)=S(=O)=O. The summed E-state index contributed by atoms with van der Waals surface area (Å²) < 4.78 is 26.3. The van der Waals surface area contributed by atoms with E-state index < -0.39 is 22.0 Å². The molecule has 0 amide bonds. The van der Waals surface area contributed by atoms with E-state index in [-0.39, 0.29) is 22.8 Å². The molecule has 6 nitrogen and oxygen atoms in total. The molecule has 1 rings (SSSR count). The molecule has 1 aromatic rings. The summed E-state index contributed by atoms with van der Waals surface area (Å²) in [4.78, 5) is 10.6. The number of rotatable bonds is 3. The number of carbonyl (C=O) groups is 1. The van der Waals surface area contributed by atoms with E-state index in [0.29, 0.717) is 0 Å². The lowest BCUT2D eigenvalue weighted by Gasteiger charge is -2.06. The van der Waals surface area contributed by atoms with Crippen LogP contribution in [-0.2, 0) is 10.3 Å². The van der Waals surface area contributed by atoms with Crippen molar-refractivity contribution in [2.24, 2.45) is 0 Å². The van der Waals surface area contributed by atoms with Gasteiger partial charge in [-0.1, -0.05) is 6.92 Å². The first kappa shape index (κ1) is 13.0. The first-order valence-electron chi connectivity index (χ1n) is 4.65. The van der Waals surface area contributed by atoms with Crippen molar-refractivity contribution in [3.05, 3.63) is 23.8 Å². The van der Waals surface area contributed by atoms with Crippen molar-refractivity contribution in [1.29, 1.82) is 0 Å². The van der Waals surface area contributed by atoms with Gasteiger partial charge < -0.3 is 14.9 Å². The highest BCUT2D eigenvalue weighted by Crippen LogP contribution is 2.23. The highest BCUT2D eigenvalue weighted by molar-refractivity contribution is 7.72. The van der Waals surface area contributed by atoms with E-state index >= 15 is 0 Å². The molecule has 17 heavy (non-hydrogen) atoms. The van der Waals surface area contributed by atoms with Crippen LogP contribution < -0.4 is 4.74 Å². The molecule has 0 saturated heterocycles. The van der Waals surface area contributed by atoms with E-state index in [1.54, 1.807) is 6.92 Å². The van der Waals surface area contributed by atoms with Crippen molar-refractivity contribution in [3.63, 3.8) is 0 Å². The molecule has 0 aliphatic rings. The first-order chi connectivity index (χ1) is 7.95. The molecule has 0 aliphatic heterocycles. The summed E-state index contributed by atoms with van der Waals surface area (Å²) in [6.07, 6.45) is 0.164. The minimum atomic E-state index is -2.48. The predicted molar refractivity (Wildman–Crippen MR) is 59.9 cm³/mol. The average Bonchev–Trinajstić information content (AvgIpc) is 2.24. The molecule has 0 unspecified atom stereocenters. The molecule has 0 atom stereocenters. The molecular formula is C10H10O6S. The van der Waals surface area contributed by atoms with Crippen LogP contribution in [0.4, 0.5) is 0 Å². The smallest absolute Gasteiger partial charge is 0.339 e. The van der Waals surface area contributed by atoms with Crippen molar-refractivity contribution in [3.8, 4) is 11.5 Å². The first-order valence-corrected chi connectivity index (χ1v) is 5.72. The molecule has 0 fully saturated rings. The van der Waals surface area contributed by atoms with Crippen LogP contribution in [0.3, 0.4) is 0 Å². The Hall–Kier alpha value is -2.02. The Morgan fingerprint density at radius 2 is 2.06 bits per heavy atom. The second-order valence-electron chi connectivity index (χ2n) is 3.05. The van der Waals surface area contributed by atoms with Gasteiger partial charge in [0, 0.05) is 12.5 Å². The van der Waals surface area contributed by atoms with Gasteiger partial charge in [-0.15, -0.1) is 0 Å². The Balaban J connectivity index is 3.08. The van der Waals surface area contributed by atoms with E-state index in [2.05, 4.69) is 0 Å². The summed E-state index contributed by atoms with van der Waals surface area (Å²) in [6, 6.07) is 3.45. The highest BCUT2D eigenvalue weighted by Gasteiger charge is 2.11. The van der Waals surface area contributed by atoms with Gasteiger partial charge in [-0.3, -0.25) is 0 Å². The summed E-state index contributed by atoms with van der Waals surface area (Å²) in [5.41, 5.74) is -0.279. The number of carboxylic acid groups (broad SMARTS) is 1. The second kappa shape index (κ2) is 5.35. The third-order valence-electron chi connectivity index (χ3n) is 1.91. The monoisotopic (exact) mass is 258 g/mol. The lowest BCUT2D eigenvalue weighted by Crippen LogP contribution is -2.08. The Morgan fingerprint density at radius 1 is 1.41 bits per heavy atom. The zero-order valence-electron chi connectivity index (χ0n) is 8.87. The minimum absolute atomic E-state index is 0.0635. The van der Waals surface area contributed by atoms with Gasteiger partial charge in [-0.25, -0.2) is 4.79 Å². The topological polar surface area (TPSA) is 101 Å². The number of benzene rings is 1. The molecular weight excluding hydrogens is 248 g/mol. The van der Waals surface area contributed by atoms with Gasteiger partial charge in [0.05, 0.1) is 0 Å². The Labute approximate surface area is 98.6 Å². The number of aromatic carboxylic acids is 1. The Bertz CT molecular complexity index is 564. The van der Waals surface area contributed by atoms with E-state index in [4.69, 9.17) is 9.84 Å². The molecule has 0 saturated carbocycles. The Kier molecular flexibility index (Phi) is 4.11. The van der Waals surface area contributed by atoms with Crippen LogP contribution in [0.5, 0.6) is 11.5 Å². The van der Waals surface area contributed by atoms with E-state index in [1.165, 1.54) is 6.07 Å². The van der Waals surface area contributed by atoms with E-state index in [0.717, 1.165) is 12.1 Å². The van der Waals surface area contributed by atoms with E-state index in [9.17, 15) is 18.3 Å². The number of phenols is 1. The average molecular weight is 258 g/mol. The second-order valence-corrected chi connectivity index (χ2v) is 3.97. The molecule has 7 heteroatoms. The molecule has 0 aromatic heterocycles. The normalized spacial score (nSPS) is 9.71. The van der Waals surface area contributed by atoms with Crippen LogP contribution in [0.1, 0.15) is 23.7 Å². The number of hydrogen-bond acceptors (Lipinski definition) is 5. The Morgan fingerprint density at radius 3 is 2.47 bits per heavy atom. The van der Waals surface area contributed by atoms with Crippen molar-refractivity contribution in [2.75, 3.05) is 0 Å². The van der Waals surface area contributed by atoms with Gasteiger partial charge in [0.2, 0.25) is 5.05 Å². The third kappa shape index (κ3) is 3.22. The quantitative estimate of drug-likeness (QED) is 0.781. The maximum absolute atomic E-state index is 10.7. The summed E-state index contributed by atoms with van der Waals surface area (Å²) in [7, 11) is -2.48. The summed E-state index contributed by atoms with van der Waals surface area (Å²) >= 11 is 0. The zero-order chi connectivity index (χ0) is 13.0. The fourth-order valence-corrected chi connectivity index (χ4v) is 1.51. The van der Waals surface area contributed by atoms with Crippen molar-refractivity contribution in [2.45, 2.75) is 13.3 Å². The number of ether oxygens (including phenoxy) is 1. The van der Waals surface area contributed by atoms with Gasteiger partial charge in [-0.05, 0) is 12.1 Å². The number of hydrogen-bond donors (Lipinski definition) is 2. The standard InChI is InChI=1S/C10H10O6S/c1-2-9(17(14)15)16-6-3-4-7(10(12)13)8(11)5-6/h3-5,11H,2H2,1H3,(H,12,13). The van der Waals surface area contributed by atoms with Crippen LogP contribution >= 0.6 is 0 Å². The van der Waals surface area contributed by atoms with Crippen molar-refractivity contribution >= 4 is 21.3 Å². The lowest BCUT2D eigenvalue weighted by atomic mass is 10.2. The maximum Gasteiger partial charge on any atom is 0.339 e. The van der Waals surface area contributed by atoms with Crippen LogP contribution in [0.2, 0.25) is 0 Å². The lowest BCUT2D eigenvalue weighted by molar-refractivity contribution is 0.0693. The fraction of sp³-hybridized carbons (Fsp3) is 0.200. The minimum Gasteiger partial charge on any atom is -0.507 e. The van der Waals surface area contributed by atoms with Gasteiger partial charge in [-0.2, -0.15) is 8.42 Å².